The predicted molar refractivity (Wildman–Crippen MR) is 92.2 cm³/mol. The molecule has 2 rings (SSSR count). The van der Waals surface area contributed by atoms with Crippen molar-refractivity contribution in [1.82, 2.24) is 10.0 Å². The van der Waals surface area contributed by atoms with E-state index >= 15 is 0 Å². The molecule has 1 saturated heterocycles. The Morgan fingerprint density at radius 3 is 2.48 bits per heavy atom. The van der Waals surface area contributed by atoms with Gasteiger partial charge >= 0.3 is 0 Å². The van der Waals surface area contributed by atoms with Gasteiger partial charge in [-0.05, 0) is 37.1 Å². The molecule has 0 aromatic heterocycles. The SMILES string of the molecule is CCS(=O)(=O)c1cccc(S(=O)(=O)NC2CNCCC2C)c1.Cl. The van der Waals surface area contributed by atoms with Crippen LogP contribution in [0, 0.1) is 5.92 Å². The second kappa shape index (κ2) is 7.94. The van der Waals surface area contributed by atoms with Crippen LogP contribution in [0.5, 0.6) is 0 Å². The van der Waals surface area contributed by atoms with Gasteiger partial charge in [0.2, 0.25) is 10.0 Å². The molecule has 9 heteroatoms. The summed E-state index contributed by atoms with van der Waals surface area (Å²) in [6.45, 7) is 4.99. The molecule has 0 saturated carbocycles. The van der Waals surface area contributed by atoms with E-state index < -0.39 is 19.9 Å². The van der Waals surface area contributed by atoms with Crippen molar-refractivity contribution in [3.63, 3.8) is 0 Å². The first-order valence-electron chi connectivity index (χ1n) is 7.32. The summed E-state index contributed by atoms with van der Waals surface area (Å²) >= 11 is 0. The minimum absolute atomic E-state index is 0. The van der Waals surface area contributed by atoms with Gasteiger partial charge in [-0.2, -0.15) is 0 Å². The first-order valence-corrected chi connectivity index (χ1v) is 10.5. The molecule has 1 fully saturated rings. The van der Waals surface area contributed by atoms with Crippen molar-refractivity contribution >= 4 is 32.3 Å². The van der Waals surface area contributed by atoms with Crippen LogP contribution in [0.3, 0.4) is 0 Å². The molecule has 0 radical (unpaired) electrons. The summed E-state index contributed by atoms with van der Waals surface area (Å²) in [4.78, 5) is 0.0208. The third-order valence-electron chi connectivity index (χ3n) is 3.99. The van der Waals surface area contributed by atoms with E-state index in [0.29, 0.717) is 6.54 Å². The van der Waals surface area contributed by atoms with Gasteiger partial charge in [0.1, 0.15) is 0 Å². The number of rotatable bonds is 5. The van der Waals surface area contributed by atoms with Gasteiger partial charge in [-0.25, -0.2) is 21.6 Å². The van der Waals surface area contributed by atoms with E-state index in [2.05, 4.69) is 10.0 Å². The summed E-state index contributed by atoms with van der Waals surface area (Å²) in [5, 5.41) is 3.16. The highest BCUT2D eigenvalue weighted by atomic mass is 35.5. The molecule has 1 aromatic rings. The van der Waals surface area contributed by atoms with E-state index in [1.165, 1.54) is 31.2 Å². The number of hydrogen-bond donors (Lipinski definition) is 2. The average molecular weight is 383 g/mol. The predicted octanol–water partition coefficient (Wildman–Crippen LogP) is 1.18. The van der Waals surface area contributed by atoms with E-state index in [4.69, 9.17) is 0 Å². The summed E-state index contributed by atoms with van der Waals surface area (Å²) in [5.74, 6) is 0.173. The fourth-order valence-electron chi connectivity index (χ4n) is 2.42. The number of benzene rings is 1. The molecule has 1 aliphatic rings. The van der Waals surface area contributed by atoms with Gasteiger partial charge in [0.15, 0.2) is 9.84 Å². The molecule has 132 valence electrons. The van der Waals surface area contributed by atoms with Crippen LogP contribution in [-0.2, 0) is 19.9 Å². The molecule has 1 aliphatic heterocycles. The molecule has 23 heavy (non-hydrogen) atoms. The van der Waals surface area contributed by atoms with Crippen LogP contribution in [0.15, 0.2) is 34.1 Å². The lowest BCUT2D eigenvalue weighted by molar-refractivity contribution is 0.327. The number of sulfone groups is 1. The van der Waals surface area contributed by atoms with Crippen molar-refractivity contribution in [3.05, 3.63) is 24.3 Å². The maximum atomic E-state index is 12.5. The first kappa shape index (κ1) is 20.4. The second-order valence-electron chi connectivity index (χ2n) is 5.58. The number of halogens is 1. The summed E-state index contributed by atoms with van der Waals surface area (Å²) in [5.41, 5.74) is 0. The number of sulfonamides is 1. The Labute approximate surface area is 144 Å². The highest BCUT2D eigenvalue weighted by molar-refractivity contribution is 7.91. The molecule has 0 spiro atoms. The van der Waals surface area contributed by atoms with Crippen molar-refractivity contribution in [2.45, 2.75) is 36.1 Å². The first-order chi connectivity index (χ1) is 10.3. The Morgan fingerprint density at radius 1 is 1.22 bits per heavy atom. The van der Waals surface area contributed by atoms with Crippen LogP contribution in [0.2, 0.25) is 0 Å². The van der Waals surface area contributed by atoms with E-state index in [1.807, 2.05) is 6.92 Å². The maximum Gasteiger partial charge on any atom is 0.240 e. The molecule has 1 heterocycles. The summed E-state index contributed by atoms with van der Waals surface area (Å²) in [6.07, 6.45) is 0.900. The van der Waals surface area contributed by atoms with Gasteiger partial charge in [-0.3, -0.25) is 0 Å². The second-order valence-corrected chi connectivity index (χ2v) is 9.57. The molecule has 0 amide bonds. The summed E-state index contributed by atoms with van der Waals surface area (Å²) < 4.78 is 51.4. The van der Waals surface area contributed by atoms with E-state index in [0.717, 1.165) is 13.0 Å². The zero-order valence-corrected chi connectivity index (χ0v) is 15.6. The Bertz CT molecular complexity index is 735. The lowest BCUT2D eigenvalue weighted by atomic mass is 9.96. The number of piperidine rings is 1. The largest absolute Gasteiger partial charge is 0.315 e. The number of hydrogen-bond acceptors (Lipinski definition) is 5. The summed E-state index contributed by atoms with van der Waals surface area (Å²) in [6, 6.07) is 5.33. The topological polar surface area (TPSA) is 92.3 Å². The molecule has 2 atom stereocenters. The molecule has 2 unspecified atom stereocenters. The normalized spacial score (nSPS) is 22.3. The fraction of sp³-hybridized carbons (Fsp3) is 0.571. The van der Waals surface area contributed by atoms with Crippen LogP contribution >= 0.6 is 12.4 Å². The van der Waals surface area contributed by atoms with Gasteiger partial charge in [-0.15, -0.1) is 12.4 Å². The fourth-order valence-corrected chi connectivity index (χ4v) is 4.81. The molecule has 0 bridgehead atoms. The van der Waals surface area contributed by atoms with Crippen molar-refractivity contribution in [2.75, 3.05) is 18.8 Å². The van der Waals surface area contributed by atoms with Gasteiger partial charge in [0.05, 0.1) is 15.5 Å². The third-order valence-corrected chi connectivity index (χ3v) is 7.21. The van der Waals surface area contributed by atoms with Gasteiger partial charge in [-0.1, -0.05) is 19.9 Å². The monoisotopic (exact) mass is 382 g/mol. The maximum absolute atomic E-state index is 12.5. The van der Waals surface area contributed by atoms with E-state index in [9.17, 15) is 16.8 Å². The van der Waals surface area contributed by atoms with Crippen LogP contribution in [0.1, 0.15) is 20.3 Å². The average Bonchev–Trinajstić information content (AvgIpc) is 2.49. The Morgan fingerprint density at radius 2 is 1.87 bits per heavy atom. The van der Waals surface area contributed by atoms with Gasteiger partial charge < -0.3 is 5.32 Å². The zero-order valence-electron chi connectivity index (χ0n) is 13.2. The smallest absolute Gasteiger partial charge is 0.240 e. The third kappa shape index (κ3) is 4.90. The minimum atomic E-state index is -3.74. The van der Waals surface area contributed by atoms with Gasteiger partial charge in [0, 0.05) is 12.6 Å². The van der Waals surface area contributed by atoms with Crippen molar-refractivity contribution in [3.8, 4) is 0 Å². The standard InChI is InChI=1S/C14H22N2O4S2.ClH/c1-3-21(17,18)12-5-4-6-13(9-12)22(19,20)16-14-10-15-8-7-11(14)2;/h4-6,9,11,14-16H,3,7-8,10H2,1-2H3;1H. The summed E-state index contributed by atoms with van der Waals surface area (Å²) in [7, 11) is -7.17. The van der Waals surface area contributed by atoms with E-state index in [-0.39, 0.29) is 39.9 Å². The Kier molecular flexibility index (Phi) is 7.03. The highest BCUT2D eigenvalue weighted by Crippen LogP contribution is 2.19. The van der Waals surface area contributed by atoms with Crippen molar-refractivity contribution in [2.24, 2.45) is 5.92 Å². The van der Waals surface area contributed by atoms with Gasteiger partial charge in [0.25, 0.3) is 0 Å². The quantitative estimate of drug-likeness (QED) is 0.797. The molecule has 6 nitrogen and oxygen atoms in total. The molecule has 1 aromatic carbocycles. The zero-order chi connectivity index (χ0) is 16.4. The lowest BCUT2D eigenvalue weighted by Gasteiger charge is -2.30. The van der Waals surface area contributed by atoms with Crippen LogP contribution in [0.25, 0.3) is 0 Å². The lowest BCUT2D eigenvalue weighted by Crippen LogP contribution is -2.50. The van der Waals surface area contributed by atoms with Crippen molar-refractivity contribution < 1.29 is 16.8 Å². The molecular weight excluding hydrogens is 360 g/mol. The minimum Gasteiger partial charge on any atom is -0.315 e. The van der Waals surface area contributed by atoms with Crippen LogP contribution < -0.4 is 10.0 Å². The number of nitrogens with one attached hydrogen (secondary N) is 2. The molecular formula is C14H23ClN2O4S2. The van der Waals surface area contributed by atoms with Crippen LogP contribution in [-0.4, -0.2) is 41.7 Å². The Balaban J connectivity index is 0.00000264. The Hall–Kier alpha value is -0.670. The van der Waals surface area contributed by atoms with E-state index in [1.54, 1.807) is 0 Å². The molecule has 2 N–H and O–H groups in total. The van der Waals surface area contributed by atoms with Crippen molar-refractivity contribution in [1.29, 1.82) is 0 Å². The van der Waals surface area contributed by atoms with Crippen LogP contribution in [0.4, 0.5) is 0 Å². The highest BCUT2D eigenvalue weighted by Gasteiger charge is 2.27. The molecule has 0 aliphatic carbocycles.